The van der Waals surface area contributed by atoms with Crippen molar-refractivity contribution in [1.82, 2.24) is 30.0 Å². The minimum atomic E-state index is -0.0723. The number of aryl methyl sites for hydroxylation is 2. The van der Waals surface area contributed by atoms with Gasteiger partial charge < -0.3 is 15.2 Å². The number of nitrogens with zero attached hydrogens (tertiary/aromatic N) is 4. The van der Waals surface area contributed by atoms with E-state index in [9.17, 15) is 4.79 Å². The third-order valence-electron chi connectivity index (χ3n) is 4.45. The zero-order chi connectivity index (χ0) is 17.1. The molecule has 2 N–H and O–H groups in total. The summed E-state index contributed by atoms with van der Waals surface area (Å²) in [7, 11) is 1.95. The summed E-state index contributed by atoms with van der Waals surface area (Å²) in [6.07, 6.45) is 4.77. The molecule has 24 heavy (non-hydrogen) atoms. The Morgan fingerprint density at radius 2 is 2.29 bits per heavy atom. The predicted octanol–water partition coefficient (Wildman–Crippen LogP) is 1.17. The highest BCUT2D eigenvalue weighted by Gasteiger charge is 2.22. The first-order valence-corrected chi connectivity index (χ1v) is 8.57. The van der Waals surface area contributed by atoms with Crippen molar-refractivity contribution in [3.8, 4) is 0 Å². The van der Waals surface area contributed by atoms with E-state index in [0.717, 1.165) is 31.2 Å². The molecule has 2 aromatic rings. The van der Waals surface area contributed by atoms with Crippen molar-refractivity contribution < 1.29 is 4.79 Å². The molecular weight excluding hydrogens is 304 g/mol. The van der Waals surface area contributed by atoms with E-state index in [1.165, 1.54) is 5.69 Å². The number of amides is 1. The second kappa shape index (κ2) is 7.17. The summed E-state index contributed by atoms with van der Waals surface area (Å²) in [6, 6.07) is 2.02. The lowest BCUT2D eigenvalue weighted by Crippen LogP contribution is -2.33. The average Bonchev–Trinajstić information content (AvgIpc) is 3.16. The van der Waals surface area contributed by atoms with E-state index in [1.54, 1.807) is 6.20 Å². The summed E-state index contributed by atoms with van der Waals surface area (Å²) in [6.45, 7) is 6.89. The van der Waals surface area contributed by atoms with E-state index in [0.29, 0.717) is 12.8 Å². The second-order valence-electron chi connectivity index (χ2n) is 6.71. The Labute approximate surface area is 142 Å². The molecule has 1 amide bonds. The number of fused-ring (bicyclic) bond motifs is 1. The van der Waals surface area contributed by atoms with E-state index in [1.807, 2.05) is 22.5 Å². The first-order valence-electron chi connectivity index (χ1n) is 8.57. The SMILES string of the molecule is CC(C)[C@H](NC(=O)CCc1cc2n(n1)CCNC2)c1nccn1C. The molecule has 2 aromatic heterocycles. The smallest absolute Gasteiger partial charge is 0.220 e. The molecule has 130 valence electrons. The van der Waals surface area contributed by atoms with E-state index in [-0.39, 0.29) is 17.9 Å². The van der Waals surface area contributed by atoms with Gasteiger partial charge in [0.25, 0.3) is 0 Å². The van der Waals surface area contributed by atoms with E-state index < -0.39 is 0 Å². The molecule has 7 heteroatoms. The fourth-order valence-electron chi connectivity index (χ4n) is 3.07. The van der Waals surface area contributed by atoms with E-state index in [4.69, 9.17) is 0 Å². The van der Waals surface area contributed by atoms with Gasteiger partial charge in [-0.3, -0.25) is 9.48 Å². The summed E-state index contributed by atoms with van der Waals surface area (Å²) < 4.78 is 4.00. The molecule has 0 saturated carbocycles. The average molecular weight is 330 g/mol. The standard InChI is InChI=1S/C17H26N6O/c1-12(2)16(17-19-7-8-22(17)3)20-15(24)5-4-13-10-14-11-18-6-9-23(14)21-13/h7-8,10,12,16,18H,4-6,9,11H2,1-3H3,(H,20,24)/t16-/m0/s1. The maximum Gasteiger partial charge on any atom is 0.220 e. The third-order valence-corrected chi connectivity index (χ3v) is 4.45. The minimum absolute atomic E-state index is 0.0424. The highest BCUT2D eigenvalue weighted by atomic mass is 16.1. The van der Waals surface area contributed by atoms with Crippen LogP contribution in [0.15, 0.2) is 18.5 Å². The Kier molecular flexibility index (Phi) is 4.99. The lowest BCUT2D eigenvalue weighted by atomic mass is 10.0. The van der Waals surface area contributed by atoms with Gasteiger partial charge >= 0.3 is 0 Å². The van der Waals surface area contributed by atoms with Crippen LogP contribution in [0.5, 0.6) is 0 Å². The summed E-state index contributed by atoms with van der Waals surface area (Å²) in [5.41, 5.74) is 2.19. The van der Waals surface area contributed by atoms with Gasteiger partial charge in [0.2, 0.25) is 5.91 Å². The molecule has 0 bridgehead atoms. The molecular formula is C17H26N6O. The van der Waals surface area contributed by atoms with Crippen LogP contribution >= 0.6 is 0 Å². The lowest BCUT2D eigenvalue weighted by Gasteiger charge is -2.22. The maximum absolute atomic E-state index is 12.4. The molecule has 0 radical (unpaired) electrons. The van der Waals surface area contributed by atoms with Crippen molar-refractivity contribution in [2.45, 2.75) is 45.8 Å². The van der Waals surface area contributed by atoms with Crippen LogP contribution < -0.4 is 10.6 Å². The number of aromatic nitrogens is 4. The van der Waals surface area contributed by atoms with Crippen LogP contribution in [0.4, 0.5) is 0 Å². The number of imidazole rings is 1. The van der Waals surface area contributed by atoms with Crippen molar-refractivity contribution in [2.75, 3.05) is 6.54 Å². The molecule has 3 rings (SSSR count). The number of hydrogen-bond acceptors (Lipinski definition) is 4. The van der Waals surface area contributed by atoms with Crippen molar-refractivity contribution in [2.24, 2.45) is 13.0 Å². The fourth-order valence-corrected chi connectivity index (χ4v) is 3.07. The fraction of sp³-hybridized carbons (Fsp3) is 0.588. The molecule has 0 aliphatic carbocycles. The molecule has 3 heterocycles. The lowest BCUT2D eigenvalue weighted by molar-refractivity contribution is -0.122. The highest BCUT2D eigenvalue weighted by molar-refractivity contribution is 5.76. The van der Waals surface area contributed by atoms with Crippen molar-refractivity contribution in [3.05, 3.63) is 35.7 Å². The van der Waals surface area contributed by atoms with Crippen LogP contribution in [-0.4, -0.2) is 31.8 Å². The summed E-state index contributed by atoms with van der Waals surface area (Å²) in [4.78, 5) is 16.8. The van der Waals surface area contributed by atoms with E-state index in [2.05, 4.69) is 40.6 Å². The minimum Gasteiger partial charge on any atom is -0.346 e. The molecule has 0 aromatic carbocycles. The number of nitrogens with one attached hydrogen (secondary N) is 2. The number of rotatable bonds is 6. The van der Waals surface area contributed by atoms with Gasteiger partial charge in [0.15, 0.2) is 0 Å². The van der Waals surface area contributed by atoms with Crippen molar-refractivity contribution >= 4 is 5.91 Å². The van der Waals surface area contributed by atoms with Gasteiger partial charge in [-0.1, -0.05) is 13.8 Å². The Bertz CT molecular complexity index is 678. The van der Waals surface area contributed by atoms with Crippen molar-refractivity contribution in [3.63, 3.8) is 0 Å². The third kappa shape index (κ3) is 3.67. The van der Waals surface area contributed by atoms with Crippen LogP contribution in [0.1, 0.15) is 43.5 Å². The van der Waals surface area contributed by atoms with Crippen LogP contribution in [0.3, 0.4) is 0 Å². The first kappa shape index (κ1) is 16.7. The van der Waals surface area contributed by atoms with Crippen LogP contribution in [0.25, 0.3) is 0 Å². The molecule has 0 spiro atoms. The van der Waals surface area contributed by atoms with Gasteiger partial charge in [0.1, 0.15) is 5.82 Å². The Morgan fingerprint density at radius 1 is 1.46 bits per heavy atom. The van der Waals surface area contributed by atoms with Crippen LogP contribution in [-0.2, 0) is 31.4 Å². The highest BCUT2D eigenvalue weighted by Crippen LogP contribution is 2.20. The van der Waals surface area contributed by atoms with Gasteiger partial charge in [-0.15, -0.1) is 0 Å². The summed E-state index contributed by atoms with van der Waals surface area (Å²) >= 11 is 0. The maximum atomic E-state index is 12.4. The molecule has 0 saturated heterocycles. The molecule has 1 aliphatic heterocycles. The normalized spacial score (nSPS) is 15.3. The monoisotopic (exact) mass is 330 g/mol. The number of hydrogen-bond donors (Lipinski definition) is 2. The zero-order valence-electron chi connectivity index (χ0n) is 14.6. The van der Waals surface area contributed by atoms with Gasteiger partial charge in [-0.25, -0.2) is 4.98 Å². The Morgan fingerprint density at radius 3 is 2.96 bits per heavy atom. The van der Waals surface area contributed by atoms with Gasteiger partial charge in [0, 0.05) is 45.4 Å². The Hall–Kier alpha value is -2.15. The molecule has 7 nitrogen and oxygen atoms in total. The summed E-state index contributed by atoms with van der Waals surface area (Å²) in [5.74, 6) is 1.21. The van der Waals surface area contributed by atoms with Crippen molar-refractivity contribution in [1.29, 1.82) is 0 Å². The topological polar surface area (TPSA) is 76.8 Å². The zero-order valence-corrected chi connectivity index (χ0v) is 14.6. The second-order valence-corrected chi connectivity index (χ2v) is 6.71. The van der Waals surface area contributed by atoms with Gasteiger partial charge in [-0.2, -0.15) is 5.10 Å². The van der Waals surface area contributed by atoms with Gasteiger partial charge in [-0.05, 0) is 12.0 Å². The quantitative estimate of drug-likeness (QED) is 0.833. The summed E-state index contributed by atoms with van der Waals surface area (Å²) in [5, 5.41) is 11.0. The Balaban J connectivity index is 1.58. The molecule has 0 fully saturated rings. The van der Waals surface area contributed by atoms with Gasteiger partial charge in [0.05, 0.1) is 24.0 Å². The molecule has 1 atom stereocenters. The predicted molar refractivity (Wildman–Crippen MR) is 91.2 cm³/mol. The molecule has 1 aliphatic rings. The largest absolute Gasteiger partial charge is 0.346 e. The first-order chi connectivity index (χ1) is 11.5. The van der Waals surface area contributed by atoms with Crippen LogP contribution in [0.2, 0.25) is 0 Å². The van der Waals surface area contributed by atoms with E-state index >= 15 is 0 Å². The number of carbonyl (C=O) groups excluding carboxylic acids is 1. The number of carbonyl (C=O) groups is 1. The van der Waals surface area contributed by atoms with Crippen LogP contribution in [0, 0.1) is 5.92 Å². The molecule has 0 unspecified atom stereocenters.